The van der Waals surface area contributed by atoms with E-state index < -0.39 is 11.2 Å². The fourth-order valence-corrected chi connectivity index (χ4v) is 5.43. The molecule has 2 aromatic carbocycles. The minimum Gasteiger partial charge on any atom is -0.454 e. The summed E-state index contributed by atoms with van der Waals surface area (Å²) in [5.41, 5.74) is 3.17. The summed E-state index contributed by atoms with van der Waals surface area (Å²) in [6.07, 6.45) is 8.27. The molecule has 0 spiro atoms. The van der Waals surface area contributed by atoms with Crippen molar-refractivity contribution in [3.63, 3.8) is 0 Å². The number of allylic oxidation sites excluding steroid dienone is 2. The number of aromatic nitrogens is 3. The van der Waals surface area contributed by atoms with E-state index in [1.807, 2.05) is 19.9 Å². The monoisotopic (exact) mass is 556 g/mol. The number of rotatable bonds is 7. The molecular formula is C29H34Cl2N4O3. The summed E-state index contributed by atoms with van der Waals surface area (Å²) in [6, 6.07) is 8.95. The van der Waals surface area contributed by atoms with Crippen LogP contribution in [0.1, 0.15) is 75.7 Å². The predicted molar refractivity (Wildman–Crippen MR) is 154 cm³/mol. The van der Waals surface area contributed by atoms with Gasteiger partial charge in [0.25, 0.3) is 5.56 Å². The molecule has 1 aliphatic heterocycles. The molecule has 3 aromatic rings. The first-order chi connectivity index (χ1) is 18.4. The molecule has 1 aliphatic carbocycles. The Morgan fingerprint density at radius 3 is 2.39 bits per heavy atom. The maximum Gasteiger partial charge on any atom is 0.349 e. The van der Waals surface area contributed by atoms with Crippen molar-refractivity contribution in [1.82, 2.24) is 20.1 Å². The van der Waals surface area contributed by atoms with Gasteiger partial charge in [-0.3, -0.25) is 9.78 Å². The molecule has 0 amide bonds. The van der Waals surface area contributed by atoms with E-state index in [2.05, 4.69) is 47.5 Å². The van der Waals surface area contributed by atoms with Crippen LogP contribution in [0, 0.1) is 12.8 Å². The van der Waals surface area contributed by atoms with Crippen LogP contribution in [-0.2, 0) is 0 Å². The van der Waals surface area contributed by atoms with E-state index in [9.17, 15) is 9.59 Å². The lowest BCUT2D eigenvalue weighted by Gasteiger charge is -2.19. The summed E-state index contributed by atoms with van der Waals surface area (Å²) < 4.78 is 7.26. The van der Waals surface area contributed by atoms with Crippen molar-refractivity contribution in [1.29, 1.82) is 0 Å². The summed E-state index contributed by atoms with van der Waals surface area (Å²) in [5.74, 6) is 1.50. The number of benzene rings is 2. The first kappa shape index (κ1) is 28.1. The molecule has 2 fully saturated rings. The smallest absolute Gasteiger partial charge is 0.349 e. The minimum atomic E-state index is -0.671. The van der Waals surface area contributed by atoms with Gasteiger partial charge >= 0.3 is 5.69 Å². The Labute approximate surface area is 232 Å². The molecule has 0 bridgehead atoms. The molecule has 1 saturated carbocycles. The second-order valence-corrected chi connectivity index (χ2v) is 10.2. The van der Waals surface area contributed by atoms with Crippen LogP contribution in [-0.4, -0.2) is 21.3 Å². The number of halogens is 2. The van der Waals surface area contributed by atoms with Gasteiger partial charge < -0.3 is 10.1 Å². The normalized spacial score (nSPS) is 17.2. The maximum atomic E-state index is 12.4. The Morgan fingerprint density at radius 2 is 1.79 bits per heavy atom. The Kier molecular flexibility index (Phi) is 9.13. The van der Waals surface area contributed by atoms with Crippen LogP contribution in [0.4, 0.5) is 0 Å². The molecule has 1 aromatic heterocycles. The van der Waals surface area contributed by atoms with Crippen LogP contribution < -0.4 is 21.3 Å². The van der Waals surface area contributed by atoms with E-state index in [-0.39, 0.29) is 21.8 Å². The third-order valence-electron chi connectivity index (χ3n) is 6.78. The summed E-state index contributed by atoms with van der Waals surface area (Å²) in [5, 5.41) is 7.70. The number of hydrogen-bond donors (Lipinski definition) is 2. The van der Waals surface area contributed by atoms with Crippen LogP contribution in [0.2, 0.25) is 10.0 Å². The van der Waals surface area contributed by atoms with Crippen molar-refractivity contribution >= 4 is 28.8 Å². The van der Waals surface area contributed by atoms with Gasteiger partial charge in [-0.15, -0.1) is 0 Å². The maximum absolute atomic E-state index is 12.4. The van der Waals surface area contributed by atoms with Gasteiger partial charge in [-0.25, -0.2) is 4.79 Å². The molecule has 202 valence electrons. The number of nitrogens with one attached hydrogen (secondary N) is 2. The highest BCUT2D eigenvalue weighted by Gasteiger charge is 2.28. The predicted octanol–water partition coefficient (Wildman–Crippen LogP) is 6.98. The van der Waals surface area contributed by atoms with Crippen molar-refractivity contribution in [3.05, 3.63) is 84.1 Å². The number of aryl methyl sites for hydroxylation is 1. The number of H-pyrrole nitrogens is 1. The van der Waals surface area contributed by atoms with Gasteiger partial charge in [-0.05, 0) is 73.1 Å². The lowest BCUT2D eigenvalue weighted by Crippen LogP contribution is -2.34. The fraction of sp³-hybridized carbons (Fsp3) is 0.414. The third kappa shape index (κ3) is 6.06. The van der Waals surface area contributed by atoms with Crippen molar-refractivity contribution in [2.24, 2.45) is 5.92 Å². The van der Waals surface area contributed by atoms with Crippen molar-refractivity contribution in [2.75, 3.05) is 6.54 Å². The third-order valence-corrected chi connectivity index (χ3v) is 7.34. The van der Waals surface area contributed by atoms with Crippen LogP contribution in [0.25, 0.3) is 11.3 Å². The average molecular weight is 558 g/mol. The molecule has 38 heavy (non-hydrogen) atoms. The van der Waals surface area contributed by atoms with E-state index in [1.165, 1.54) is 42.4 Å². The van der Waals surface area contributed by atoms with Gasteiger partial charge in [0.05, 0.1) is 21.8 Å². The van der Waals surface area contributed by atoms with Crippen LogP contribution in [0.3, 0.4) is 0 Å². The molecule has 1 unspecified atom stereocenters. The molecule has 2 aliphatic rings. The lowest BCUT2D eigenvalue weighted by atomic mass is 9.88. The number of ether oxygens (including phenoxy) is 1. The van der Waals surface area contributed by atoms with E-state index >= 15 is 0 Å². The number of aromatic amines is 1. The van der Waals surface area contributed by atoms with Crippen molar-refractivity contribution in [2.45, 2.75) is 65.8 Å². The van der Waals surface area contributed by atoms with Crippen LogP contribution >= 0.6 is 23.2 Å². The molecule has 7 nitrogen and oxygen atoms in total. The largest absolute Gasteiger partial charge is 0.454 e. The Morgan fingerprint density at radius 1 is 1.13 bits per heavy atom. The zero-order valence-corrected chi connectivity index (χ0v) is 23.7. The lowest BCUT2D eigenvalue weighted by molar-refractivity contribution is 0.482. The van der Waals surface area contributed by atoms with Gasteiger partial charge in [-0.2, -0.15) is 9.78 Å². The van der Waals surface area contributed by atoms with Gasteiger partial charge in [0.15, 0.2) is 5.75 Å². The summed E-state index contributed by atoms with van der Waals surface area (Å²) >= 11 is 13.1. The molecule has 1 atom stereocenters. The quantitative estimate of drug-likeness (QED) is 0.305. The van der Waals surface area contributed by atoms with Crippen LogP contribution in [0.15, 0.2) is 46.0 Å². The van der Waals surface area contributed by atoms with Gasteiger partial charge in [0.2, 0.25) is 0 Å². The Balaban J connectivity index is 0.00000164. The van der Waals surface area contributed by atoms with E-state index in [0.717, 1.165) is 11.1 Å². The Hall–Kier alpha value is -2.87. The molecular weight excluding hydrogens is 523 g/mol. The average Bonchev–Trinajstić information content (AvgIpc) is 3.60. The summed E-state index contributed by atoms with van der Waals surface area (Å²) in [4.78, 5) is 26.8. The zero-order valence-electron chi connectivity index (χ0n) is 22.2. The standard InChI is InChI=1S/C27H28Cl2N4O3.C2H6/c1-3-6-19(16-7-4-5-8-16)20-13-18(10-9-15(20)2)36-25-21(28)11-17(12-22(25)29)33-27(35)31-26(34)24(32-33)23-14-30-23;1-2/h6,9-13,16,23,30H,3-5,7-8,14H2,1-2H3,(H,31,34,35);1-2H3/b19-6-;. The van der Waals surface area contributed by atoms with E-state index in [1.54, 1.807) is 12.1 Å². The number of hydrogen-bond acceptors (Lipinski definition) is 5. The second-order valence-electron chi connectivity index (χ2n) is 9.38. The zero-order chi connectivity index (χ0) is 27.4. The highest BCUT2D eigenvalue weighted by atomic mass is 35.5. The van der Waals surface area contributed by atoms with Gasteiger partial charge in [-0.1, -0.05) is 69.0 Å². The highest BCUT2D eigenvalue weighted by Crippen LogP contribution is 2.42. The molecule has 2 N–H and O–H groups in total. The molecule has 9 heteroatoms. The Bertz CT molecular complexity index is 1430. The molecule has 0 radical (unpaired) electrons. The summed E-state index contributed by atoms with van der Waals surface area (Å²) in [7, 11) is 0. The summed E-state index contributed by atoms with van der Waals surface area (Å²) in [6.45, 7) is 8.92. The highest BCUT2D eigenvalue weighted by molar-refractivity contribution is 6.37. The first-order valence-corrected chi connectivity index (χ1v) is 14.1. The van der Waals surface area contributed by atoms with Crippen molar-refractivity contribution in [3.8, 4) is 17.2 Å². The van der Waals surface area contributed by atoms with Gasteiger partial charge in [0, 0.05) is 6.54 Å². The van der Waals surface area contributed by atoms with Gasteiger partial charge in [0.1, 0.15) is 11.4 Å². The first-order valence-electron chi connectivity index (χ1n) is 13.3. The molecule has 1 saturated heterocycles. The van der Waals surface area contributed by atoms with Crippen LogP contribution in [0.5, 0.6) is 11.5 Å². The second kappa shape index (κ2) is 12.3. The minimum absolute atomic E-state index is 0.166. The SMILES string of the molecule is CC.CC/C=C(\c1cc(Oc2c(Cl)cc(-n3nc(C4CN4)c(=O)[nH]c3=O)cc2Cl)ccc1C)C1CCCC1. The van der Waals surface area contributed by atoms with Crippen molar-refractivity contribution < 1.29 is 4.74 Å². The topological polar surface area (TPSA) is 98.9 Å². The van der Waals surface area contributed by atoms with E-state index in [0.29, 0.717) is 29.6 Å². The fourth-order valence-electron chi connectivity index (χ4n) is 4.88. The van der Waals surface area contributed by atoms with E-state index in [4.69, 9.17) is 27.9 Å². The molecule has 2 heterocycles. The molecule has 5 rings (SSSR count). The number of nitrogens with zero attached hydrogens (tertiary/aromatic N) is 2.